The fraction of sp³-hybridized carbons (Fsp3) is 0. The number of hydrogen-bond acceptors (Lipinski definition) is 2. The van der Waals surface area contributed by atoms with Crippen molar-refractivity contribution in [1.29, 1.82) is 0 Å². The predicted octanol–water partition coefficient (Wildman–Crippen LogP) is -3.70. The molecule has 0 saturated heterocycles. The predicted molar refractivity (Wildman–Crippen MR) is 6.50 cm³/mol. The van der Waals surface area contributed by atoms with Gasteiger partial charge in [-0.2, -0.15) is 4.39 Å². The molecule has 0 saturated carbocycles. The minimum absolute atomic E-state index is 0. The van der Waals surface area contributed by atoms with Gasteiger partial charge in [0.25, 0.3) is 0 Å². The summed E-state index contributed by atoms with van der Waals surface area (Å²) in [6.07, 6.45) is -2.58. The molecule has 0 rings (SSSR count). The van der Waals surface area contributed by atoms with Gasteiger partial charge in [0.2, 0.25) is 6.22 Å². The van der Waals surface area contributed by atoms with Crippen LogP contribution >= 0.6 is 0 Å². The summed E-state index contributed by atoms with van der Waals surface area (Å²) in [5.74, 6) is 0. The maximum absolute atomic E-state index is 9.81. The largest absolute Gasteiger partial charge is 1.00 e. The summed E-state index contributed by atoms with van der Waals surface area (Å²) < 4.78 is 9.81. The second-order valence-corrected chi connectivity index (χ2v) is 0.238. The van der Waals surface area contributed by atoms with E-state index in [4.69, 9.17) is 9.90 Å². The second kappa shape index (κ2) is 5.45. The Labute approximate surface area is 87.2 Å². The molecule has 0 atom stereocenters. The summed E-state index contributed by atoms with van der Waals surface area (Å²) >= 11 is 0. The standard InChI is InChI=1S/CHFO2.Cs/c2-1(3)4;/h(H,3,4);/q;+1/p-1. The molecular weight excluding hydrogens is 196 g/mol. The summed E-state index contributed by atoms with van der Waals surface area (Å²) in [6, 6.07) is 0. The molecule has 0 spiro atoms. The van der Waals surface area contributed by atoms with Crippen molar-refractivity contribution >= 4 is 6.22 Å². The molecule has 4 heteroatoms. The Morgan fingerprint density at radius 1 is 1.80 bits per heavy atom. The number of carbonyl (C=O) groups is 1. The first kappa shape index (κ1) is 9.68. The van der Waals surface area contributed by atoms with E-state index in [2.05, 4.69) is 0 Å². The third-order valence-electron chi connectivity index (χ3n) is 0. The molecule has 0 aliphatic rings. The molecular formula is CCsFO2. The average Bonchev–Trinajstić information content (AvgIpc) is 0.811. The molecule has 0 aliphatic carbocycles. The number of carbonyl (C=O) groups excluding carboxylic acids is 1. The van der Waals surface area contributed by atoms with Crippen LogP contribution in [0.25, 0.3) is 0 Å². The van der Waals surface area contributed by atoms with Gasteiger partial charge in [-0.1, -0.05) is 0 Å². The van der Waals surface area contributed by atoms with Gasteiger partial charge in [-0.05, 0) is 0 Å². The van der Waals surface area contributed by atoms with E-state index in [9.17, 15) is 4.39 Å². The third-order valence-corrected chi connectivity index (χ3v) is 0. The van der Waals surface area contributed by atoms with Gasteiger partial charge in [0.05, 0.1) is 0 Å². The zero-order valence-corrected chi connectivity index (χ0v) is 8.97. The molecule has 0 N–H and O–H groups in total. The molecule has 2 nitrogen and oxygen atoms in total. The first-order valence-corrected chi connectivity index (χ1v) is 0.597. The van der Waals surface area contributed by atoms with Gasteiger partial charge in [0.1, 0.15) is 0 Å². The molecule has 0 amide bonds. The second-order valence-electron chi connectivity index (χ2n) is 0.238. The molecule has 24 valence electrons. The van der Waals surface area contributed by atoms with E-state index >= 15 is 0 Å². The Morgan fingerprint density at radius 3 is 1.80 bits per heavy atom. The van der Waals surface area contributed by atoms with Crippen molar-refractivity contribution in [3.8, 4) is 0 Å². The van der Waals surface area contributed by atoms with Crippen molar-refractivity contribution in [1.82, 2.24) is 0 Å². The van der Waals surface area contributed by atoms with Gasteiger partial charge in [-0.25, -0.2) is 0 Å². The molecule has 0 aromatic rings. The Hall–Kier alpha value is 1.45. The van der Waals surface area contributed by atoms with Crippen LogP contribution in [-0.2, 0) is 0 Å². The molecule has 0 heterocycles. The number of rotatable bonds is 0. The van der Waals surface area contributed by atoms with Gasteiger partial charge < -0.3 is 9.90 Å². The van der Waals surface area contributed by atoms with Gasteiger partial charge in [-0.3, -0.25) is 0 Å². The van der Waals surface area contributed by atoms with Crippen molar-refractivity contribution in [3.63, 3.8) is 0 Å². The van der Waals surface area contributed by atoms with Crippen LogP contribution in [0.5, 0.6) is 0 Å². The first-order valence-electron chi connectivity index (χ1n) is 0.597. The van der Waals surface area contributed by atoms with E-state index in [0.717, 1.165) is 0 Å². The Morgan fingerprint density at radius 2 is 1.80 bits per heavy atom. The van der Waals surface area contributed by atoms with Crippen molar-refractivity contribution in [2.75, 3.05) is 0 Å². The van der Waals surface area contributed by atoms with E-state index in [1.165, 1.54) is 0 Å². The van der Waals surface area contributed by atoms with E-state index in [-0.39, 0.29) is 68.9 Å². The van der Waals surface area contributed by atoms with E-state index in [1.54, 1.807) is 0 Å². The Bertz CT molecular complexity index is 32.6. The molecule has 5 heavy (non-hydrogen) atoms. The molecule has 0 aliphatic heterocycles. The van der Waals surface area contributed by atoms with Crippen LogP contribution in [0.1, 0.15) is 0 Å². The summed E-state index contributed by atoms with van der Waals surface area (Å²) in [5.41, 5.74) is 0. The quantitative estimate of drug-likeness (QED) is 0.374. The van der Waals surface area contributed by atoms with E-state index in [1.807, 2.05) is 0 Å². The van der Waals surface area contributed by atoms with Crippen LogP contribution in [-0.4, -0.2) is 6.22 Å². The molecule has 0 aromatic carbocycles. The minimum Gasteiger partial charge on any atom is -0.520 e. The average molecular weight is 196 g/mol. The van der Waals surface area contributed by atoms with Crippen LogP contribution < -0.4 is 74.0 Å². The van der Waals surface area contributed by atoms with Crippen molar-refractivity contribution in [2.24, 2.45) is 0 Å². The van der Waals surface area contributed by atoms with Crippen molar-refractivity contribution in [2.45, 2.75) is 0 Å². The number of hydrogen-bond donors (Lipinski definition) is 0. The van der Waals surface area contributed by atoms with E-state index in [0.29, 0.717) is 0 Å². The van der Waals surface area contributed by atoms with Gasteiger partial charge in [0, 0.05) is 0 Å². The smallest absolute Gasteiger partial charge is 0.520 e. The van der Waals surface area contributed by atoms with Crippen LogP contribution in [0.4, 0.5) is 9.18 Å². The molecule has 0 unspecified atom stereocenters. The Balaban J connectivity index is 0. The molecule has 0 bridgehead atoms. The third kappa shape index (κ3) is 30.8. The molecule has 0 radical (unpaired) electrons. The SMILES string of the molecule is O=C([O-])F.[Cs+]. The van der Waals surface area contributed by atoms with E-state index < -0.39 is 6.22 Å². The Kier molecular flexibility index (Phi) is 10.6. The van der Waals surface area contributed by atoms with Gasteiger partial charge in [0.15, 0.2) is 0 Å². The van der Waals surface area contributed by atoms with Gasteiger partial charge in [-0.15, -0.1) is 0 Å². The van der Waals surface area contributed by atoms with Crippen molar-refractivity contribution < 1.29 is 83.2 Å². The monoisotopic (exact) mass is 196 g/mol. The van der Waals surface area contributed by atoms with Crippen LogP contribution in [0.2, 0.25) is 0 Å². The van der Waals surface area contributed by atoms with Crippen LogP contribution in [0.3, 0.4) is 0 Å². The summed E-state index contributed by atoms with van der Waals surface area (Å²) in [5, 5.41) is 8.22. The molecule has 0 aromatic heterocycles. The zero-order chi connectivity index (χ0) is 3.58. The number of carboxylic acid groups (broad SMARTS) is 1. The van der Waals surface area contributed by atoms with Crippen LogP contribution in [0, 0.1) is 0 Å². The normalized spacial score (nSPS) is 5.00. The maximum Gasteiger partial charge on any atom is 1.00 e. The molecule has 0 fully saturated rings. The van der Waals surface area contributed by atoms with Gasteiger partial charge >= 0.3 is 68.9 Å². The topological polar surface area (TPSA) is 40.1 Å². The summed E-state index contributed by atoms with van der Waals surface area (Å²) in [4.78, 5) is 8.22. The fourth-order valence-corrected chi connectivity index (χ4v) is 0. The van der Waals surface area contributed by atoms with Crippen molar-refractivity contribution in [3.05, 3.63) is 0 Å². The minimum atomic E-state index is -2.58. The fourth-order valence-electron chi connectivity index (χ4n) is 0. The maximum atomic E-state index is 9.81. The summed E-state index contributed by atoms with van der Waals surface area (Å²) in [7, 11) is 0. The first-order chi connectivity index (χ1) is 1.73. The zero-order valence-electron chi connectivity index (χ0n) is 2.69. The summed E-state index contributed by atoms with van der Waals surface area (Å²) in [6.45, 7) is 0. The van der Waals surface area contributed by atoms with Crippen LogP contribution in [0.15, 0.2) is 0 Å². The number of halogens is 1.